The lowest BCUT2D eigenvalue weighted by Gasteiger charge is -2.34. The number of carbonyl (C=O) groups is 1. The number of thioether (sulfide) groups is 1. The highest BCUT2D eigenvalue weighted by molar-refractivity contribution is 8.00. The van der Waals surface area contributed by atoms with Crippen LogP contribution in [0.5, 0.6) is 11.5 Å². The Labute approximate surface area is 111 Å². The van der Waals surface area contributed by atoms with E-state index in [2.05, 4.69) is 13.8 Å². The third-order valence-corrected chi connectivity index (χ3v) is 4.15. The molecule has 0 aromatic heterocycles. The summed E-state index contributed by atoms with van der Waals surface area (Å²) >= 11 is 1.87. The molecule has 98 valence electrons. The van der Waals surface area contributed by atoms with Gasteiger partial charge in [-0.05, 0) is 12.1 Å². The molecule has 0 saturated carbocycles. The maximum atomic E-state index is 12.3. The Hall–Kier alpha value is -1.36. The van der Waals surface area contributed by atoms with Crippen molar-refractivity contribution in [1.82, 2.24) is 4.90 Å². The lowest BCUT2D eigenvalue weighted by atomic mass is 10.1. The van der Waals surface area contributed by atoms with Gasteiger partial charge in [-0.15, -0.1) is 0 Å². The van der Waals surface area contributed by atoms with Crippen LogP contribution in [0.3, 0.4) is 0 Å². The summed E-state index contributed by atoms with van der Waals surface area (Å²) in [5, 5.41) is 19.7. The molecule has 4 nitrogen and oxygen atoms in total. The number of carbonyl (C=O) groups excluding carboxylic acids is 1. The molecule has 1 fully saturated rings. The predicted octanol–water partition coefficient (Wildman–Crippen LogP) is 2.06. The standard InChI is InChI=1S/C13H17NO3S/c1-8-6-14(7-9(2)18-8)13(17)11-4-3-10(15)5-12(11)16/h3-5,8-9,15-16H,6-7H2,1-2H3. The predicted molar refractivity (Wildman–Crippen MR) is 72.2 cm³/mol. The topological polar surface area (TPSA) is 60.8 Å². The second-order valence-corrected chi connectivity index (χ2v) is 6.55. The normalized spacial score (nSPS) is 24.0. The minimum atomic E-state index is -0.175. The van der Waals surface area contributed by atoms with Gasteiger partial charge in [-0.1, -0.05) is 13.8 Å². The first-order chi connectivity index (χ1) is 8.47. The molecule has 0 bridgehead atoms. The van der Waals surface area contributed by atoms with Crippen molar-refractivity contribution in [2.24, 2.45) is 0 Å². The molecular formula is C13H17NO3S. The lowest BCUT2D eigenvalue weighted by molar-refractivity contribution is 0.0750. The molecule has 18 heavy (non-hydrogen) atoms. The molecule has 1 amide bonds. The van der Waals surface area contributed by atoms with E-state index in [-0.39, 0.29) is 23.0 Å². The quantitative estimate of drug-likeness (QED) is 0.817. The summed E-state index contributed by atoms with van der Waals surface area (Å²) in [4.78, 5) is 14.1. The van der Waals surface area contributed by atoms with E-state index < -0.39 is 0 Å². The maximum Gasteiger partial charge on any atom is 0.257 e. The Balaban J connectivity index is 2.20. The zero-order valence-corrected chi connectivity index (χ0v) is 11.3. The molecule has 1 aliphatic heterocycles. The highest BCUT2D eigenvalue weighted by atomic mass is 32.2. The van der Waals surface area contributed by atoms with Crippen molar-refractivity contribution >= 4 is 17.7 Å². The van der Waals surface area contributed by atoms with Gasteiger partial charge in [-0.2, -0.15) is 11.8 Å². The molecule has 2 atom stereocenters. The van der Waals surface area contributed by atoms with Gasteiger partial charge < -0.3 is 15.1 Å². The molecule has 2 N–H and O–H groups in total. The van der Waals surface area contributed by atoms with Crippen LogP contribution in [0.1, 0.15) is 24.2 Å². The summed E-state index contributed by atoms with van der Waals surface area (Å²) in [6.07, 6.45) is 0. The van der Waals surface area contributed by atoms with Crippen molar-refractivity contribution in [1.29, 1.82) is 0 Å². The summed E-state index contributed by atoms with van der Waals surface area (Å²) in [5.74, 6) is -0.384. The molecule has 1 aromatic rings. The number of hydrogen-bond donors (Lipinski definition) is 2. The third kappa shape index (κ3) is 2.72. The van der Waals surface area contributed by atoms with Crippen LogP contribution in [0.4, 0.5) is 0 Å². The Bertz CT molecular complexity index is 454. The van der Waals surface area contributed by atoms with E-state index in [0.717, 1.165) is 0 Å². The van der Waals surface area contributed by atoms with Crippen LogP contribution in [-0.2, 0) is 0 Å². The molecule has 0 aliphatic carbocycles. The Morgan fingerprint density at radius 3 is 2.44 bits per heavy atom. The number of phenols is 2. The van der Waals surface area contributed by atoms with Gasteiger partial charge in [0.15, 0.2) is 0 Å². The highest BCUT2D eigenvalue weighted by Crippen LogP contribution is 2.28. The van der Waals surface area contributed by atoms with E-state index >= 15 is 0 Å². The fourth-order valence-corrected chi connectivity index (χ4v) is 3.54. The number of hydrogen-bond acceptors (Lipinski definition) is 4. The monoisotopic (exact) mass is 267 g/mol. The summed E-state index contributed by atoms with van der Waals surface area (Å²) in [6, 6.07) is 4.07. The number of aromatic hydroxyl groups is 2. The van der Waals surface area contributed by atoms with Crippen molar-refractivity contribution < 1.29 is 15.0 Å². The minimum absolute atomic E-state index is 0.0417. The van der Waals surface area contributed by atoms with Crippen molar-refractivity contribution in [3.05, 3.63) is 23.8 Å². The van der Waals surface area contributed by atoms with E-state index in [1.165, 1.54) is 18.2 Å². The second-order valence-electron chi connectivity index (χ2n) is 4.67. The number of nitrogens with zero attached hydrogens (tertiary/aromatic N) is 1. The molecule has 2 rings (SSSR count). The second kappa shape index (κ2) is 5.10. The number of amides is 1. The number of phenolic OH excluding ortho intramolecular Hbond substituents is 2. The Morgan fingerprint density at radius 2 is 1.89 bits per heavy atom. The summed E-state index contributed by atoms with van der Waals surface area (Å²) in [7, 11) is 0. The first-order valence-electron chi connectivity index (χ1n) is 5.94. The van der Waals surface area contributed by atoms with Crippen LogP contribution >= 0.6 is 11.8 Å². The molecule has 2 unspecified atom stereocenters. The minimum Gasteiger partial charge on any atom is -0.508 e. The van der Waals surface area contributed by atoms with Crippen molar-refractivity contribution in [2.75, 3.05) is 13.1 Å². The average molecular weight is 267 g/mol. The SMILES string of the molecule is CC1CN(C(=O)c2ccc(O)cc2O)CC(C)S1. The molecule has 1 aromatic carbocycles. The highest BCUT2D eigenvalue weighted by Gasteiger charge is 2.27. The summed E-state index contributed by atoms with van der Waals surface area (Å²) in [6.45, 7) is 5.57. The van der Waals surface area contributed by atoms with E-state index in [4.69, 9.17) is 0 Å². The molecule has 0 radical (unpaired) electrons. The first kappa shape index (κ1) is 13.1. The van der Waals surface area contributed by atoms with E-state index in [0.29, 0.717) is 23.6 Å². The van der Waals surface area contributed by atoms with Gasteiger partial charge in [0.2, 0.25) is 0 Å². The average Bonchev–Trinajstić information content (AvgIpc) is 2.26. The van der Waals surface area contributed by atoms with E-state index in [1.807, 2.05) is 11.8 Å². The number of benzene rings is 1. The molecular weight excluding hydrogens is 250 g/mol. The lowest BCUT2D eigenvalue weighted by Crippen LogP contribution is -2.44. The van der Waals surface area contributed by atoms with Gasteiger partial charge in [0.05, 0.1) is 5.56 Å². The van der Waals surface area contributed by atoms with Gasteiger partial charge in [0.1, 0.15) is 11.5 Å². The van der Waals surface area contributed by atoms with Gasteiger partial charge in [0, 0.05) is 29.7 Å². The van der Waals surface area contributed by atoms with Crippen LogP contribution in [0.25, 0.3) is 0 Å². The summed E-state index contributed by atoms with van der Waals surface area (Å²) in [5.41, 5.74) is 0.249. The van der Waals surface area contributed by atoms with Gasteiger partial charge in [-0.25, -0.2) is 0 Å². The molecule has 0 spiro atoms. The molecule has 1 saturated heterocycles. The fraction of sp³-hybridized carbons (Fsp3) is 0.462. The van der Waals surface area contributed by atoms with Crippen LogP contribution < -0.4 is 0 Å². The molecule has 1 aliphatic rings. The van der Waals surface area contributed by atoms with E-state index in [9.17, 15) is 15.0 Å². The third-order valence-electron chi connectivity index (χ3n) is 2.92. The van der Waals surface area contributed by atoms with Gasteiger partial charge in [-0.3, -0.25) is 4.79 Å². The van der Waals surface area contributed by atoms with Crippen molar-refractivity contribution in [2.45, 2.75) is 24.3 Å². The largest absolute Gasteiger partial charge is 0.508 e. The smallest absolute Gasteiger partial charge is 0.257 e. The number of rotatable bonds is 1. The zero-order valence-electron chi connectivity index (χ0n) is 10.5. The van der Waals surface area contributed by atoms with Crippen LogP contribution in [0, 0.1) is 0 Å². The Kier molecular flexibility index (Phi) is 3.71. The van der Waals surface area contributed by atoms with Crippen molar-refractivity contribution in [3.8, 4) is 11.5 Å². The van der Waals surface area contributed by atoms with Crippen LogP contribution in [0.2, 0.25) is 0 Å². The first-order valence-corrected chi connectivity index (χ1v) is 6.88. The summed E-state index contributed by atoms with van der Waals surface area (Å²) < 4.78 is 0. The van der Waals surface area contributed by atoms with Crippen LogP contribution in [0.15, 0.2) is 18.2 Å². The molecule has 5 heteroatoms. The zero-order chi connectivity index (χ0) is 13.3. The van der Waals surface area contributed by atoms with Crippen LogP contribution in [-0.4, -0.2) is 44.6 Å². The van der Waals surface area contributed by atoms with Crippen molar-refractivity contribution in [3.63, 3.8) is 0 Å². The van der Waals surface area contributed by atoms with Gasteiger partial charge in [0.25, 0.3) is 5.91 Å². The maximum absolute atomic E-state index is 12.3. The molecule has 1 heterocycles. The Morgan fingerprint density at radius 1 is 1.28 bits per heavy atom. The van der Waals surface area contributed by atoms with E-state index in [1.54, 1.807) is 4.90 Å². The van der Waals surface area contributed by atoms with Gasteiger partial charge >= 0.3 is 0 Å². The fourth-order valence-electron chi connectivity index (χ4n) is 2.21.